The van der Waals surface area contributed by atoms with Crippen LogP contribution in [0.1, 0.15) is 12.5 Å². The molecule has 0 fully saturated rings. The molecule has 0 spiro atoms. The van der Waals surface area contributed by atoms with E-state index in [1.807, 2.05) is 0 Å². The molecule has 0 unspecified atom stereocenters. The van der Waals surface area contributed by atoms with Crippen molar-refractivity contribution in [3.8, 4) is 5.88 Å². The van der Waals surface area contributed by atoms with Crippen LogP contribution < -0.4 is 9.46 Å². The van der Waals surface area contributed by atoms with Crippen LogP contribution in [0.5, 0.6) is 5.88 Å². The minimum atomic E-state index is -4.11. The second-order valence-electron chi connectivity index (χ2n) is 4.30. The minimum Gasteiger partial charge on any atom is -0.478 e. The lowest BCUT2D eigenvalue weighted by molar-refractivity contribution is 0.322. The first-order valence-electron chi connectivity index (χ1n) is 6.45. The van der Waals surface area contributed by atoms with E-state index in [1.54, 1.807) is 19.1 Å². The molecule has 1 aromatic carbocycles. The van der Waals surface area contributed by atoms with Crippen molar-refractivity contribution < 1.29 is 21.9 Å². The fourth-order valence-electron chi connectivity index (χ4n) is 1.77. The van der Waals surface area contributed by atoms with Crippen LogP contribution in [0, 0.1) is 11.6 Å². The maximum atomic E-state index is 13.6. The largest absolute Gasteiger partial charge is 0.478 e. The van der Waals surface area contributed by atoms with Crippen molar-refractivity contribution in [1.29, 1.82) is 0 Å². The summed E-state index contributed by atoms with van der Waals surface area (Å²) in [6.45, 7) is 2.03. The zero-order valence-corrected chi connectivity index (χ0v) is 12.5. The molecule has 2 aromatic rings. The second kappa shape index (κ2) is 6.80. The smallest absolute Gasteiger partial charge is 0.243 e. The number of ether oxygens (including phenoxy) is 1. The predicted molar refractivity (Wildman–Crippen MR) is 75.8 cm³/mol. The first kappa shape index (κ1) is 16.3. The third-order valence-corrected chi connectivity index (χ3v) is 4.20. The van der Waals surface area contributed by atoms with Crippen molar-refractivity contribution in [2.75, 3.05) is 6.61 Å². The summed E-state index contributed by atoms with van der Waals surface area (Å²) in [5.74, 6) is -1.70. The van der Waals surface area contributed by atoms with E-state index in [4.69, 9.17) is 4.74 Å². The van der Waals surface area contributed by atoms with E-state index in [-0.39, 0.29) is 6.54 Å². The molecule has 0 aliphatic heterocycles. The molecule has 0 aliphatic rings. The third kappa shape index (κ3) is 3.77. The normalized spacial score (nSPS) is 11.4. The van der Waals surface area contributed by atoms with Crippen LogP contribution in [-0.2, 0) is 16.6 Å². The number of halogens is 2. The Kier molecular flexibility index (Phi) is 5.04. The van der Waals surface area contributed by atoms with Gasteiger partial charge in [0.25, 0.3) is 0 Å². The van der Waals surface area contributed by atoms with E-state index in [0.29, 0.717) is 24.1 Å². The monoisotopic (exact) mass is 328 g/mol. The lowest BCUT2D eigenvalue weighted by Crippen LogP contribution is -2.24. The van der Waals surface area contributed by atoms with Gasteiger partial charge in [0.2, 0.25) is 15.9 Å². The predicted octanol–water partition coefficient (Wildman–Crippen LogP) is 2.24. The summed E-state index contributed by atoms with van der Waals surface area (Å²) < 4.78 is 58.1. The Bertz CT molecular complexity index is 766. The SMILES string of the molecule is CCOc1ncccc1CNS(=O)(=O)c1ccc(F)cc1F. The van der Waals surface area contributed by atoms with Crippen LogP contribution in [-0.4, -0.2) is 20.0 Å². The minimum absolute atomic E-state index is 0.123. The van der Waals surface area contributed by atoms with E-state index in [2.05, 4.69) is 9.71 Å². The molecule has 0 aliphatic carbocycles. The number of hydrogen-bond donors (Lipinski definition) is 1. The zero-order valence-electron chi connectivity index (χ0n) is 11.7. The number of sulfonamides is 1. The third-order valence-electron chi connectivity index (χ3n) is 2.77. The van der Waals surface area contributed by atoms with Crippen LogP contribution >= 0.6 is 0 Å². The van der Waals surface area contributed by atoms with Gasteiger partial charge in [-0.25, -0.2) is 26.9 Å². The number of pyridine rings is 1. The summed E-state index contributed by atoms with van der Waals surface area (Å²) in [5, 5.41) is 0. The van der Waals surface area contributed by atoms with Gasteiger partial charge in [-0.3, -0.25) is 0 Å². The molecule has 8 heteroatoms. The highest BCUT2D eigenvalue weighted by Gasteiger charge is 2.20. The van der Waals surface area contributed by atoms with E-state index >= 15 is 0 Å². The molecular weight excluding hydrogens is 314 g/mol. The van der Waals surface area contributed by atoms with Gasteiger partial charge in [0, 0.05) is 24.4 Å². The Balaban J connectivity index is 2.20. The molecule has 22 heavy (non-hydrogen) atoms. The van der Waals surface area contributed by atoms with Gasteiger partial charge in [-0.15, -0.1) is 0 Å². The van der Waals surface area contributed by atoms with Gasteiger partial charge < -0.3 is 4.74 Å². The molecule has 0 atom stereocenters. The molecule has 5 nitrogen and oxygen atoms in total. The van der Waals surface area contributed by atoms with Gasteiger partial charge in [-0.05, 0) is 25.1 Å². The van der Waals surface area contributed by atoms with E-state index in [1.165, 1.54) is 6.20 Å². The Morgan fingerprint density at radius 2 is 2.05 bits per heavy atom. The average Bonchev–Trinajstić information content (AvgIpc) is 2.46. The Labute approximate surface area is 127 Å². The number of benzene rings is 1. The standard InChI is InChI=1S/C14H14F2N2O3S/c1-2-21-14-10(4-3-7-17-14)9-18-22(19,20)13-6-5-11(15)8-12(13)16/h3-8,18H,2,9H2,1H3. The topological polar surface area (TPSA) is 68.3 Å². The maximum absolute atomic E-state index is 13.6. The molecule has 1 aromatic heterocycles. The molecule has 0 saturated carbocycles. The van der Waals surface area contributed by atoms with Gasteiger partial charge >= 0.3 is 0 Å². The van der Waals surface area contributed by atoms with Crippen molar-refractivity contribution in [2.45, 2.75) is 18.4 Å². The van der Waals surface area contributed by atoms with Crippen molar-refractivity contribution in [3.63, 3.8) is 0 Å². The Morgan fingerprint density at radius 3 is 2.73 bits per heavy atom. The van der Waals surface area contributed by atoms with Crippen LogP contribution in [0.15, 0.2) is 41.4 Å². The summed E-state index contributed by atoms with van der Waals surface area (Å²) in [6.07, 6.45) is 1.52. The molecule has 118 valence electrons. The number of nitrogens with zero attached hydrogens (tertiary/aromatic N) is 1. The van der Waals surface area contributed by atoms with Gasteiger partial charge in [0.15, 0.2) is 0 Å². The van der Waals surface area contributed by atoms with Crippen LogP contribution in [0.2, 0.25) is 0 Å². The lowest BCUT2D eigenvalue weighted by atomic mass is 10.3. The number of nitrogens with one attached hydrogen (secondary N) is 1. The summed E-state index contributed by atoms with van der Waals surface area (Å²) in [5.41, 5.74) is 0.510. The molecular formula is C14H14F2N2O3S. The van der Waals surface area contributed by atoms with E-state index < -0.39 is 26.6 Å². The Morgan fingerprint density at radius 1 is 1.27 bits per heavy atom. The summed E-state index contributed by atoms with van der Waals surface area (Å²) in [4.78, 5) is 3.38. The van der Waals surface area contributed by atoms with Crippen molar-refractivity contribution in [1.82, 2.24) is 9.71 Å². The van der Waals surface area contributed by atoms with E-state index in [0.717, 1.165) is 12.1 Å². The van der Waals surface area contributed by atoms with Crippen LogP contribution in [0.4, 0.5) is 8.78 Å². The van der Waals surface area contributed by atoms with Gasteiger partial charge in [0.05, 0.1) is 6.61 Å². The molecule has 0 bridgehead atoms. The first-order valence-corrected chi connectivity index (χ1v) is 7.93. The lowest BCUT2D eigenvalue weighted by Gasteiger charge is -2.10. The van der Waals surface area contributed by atoms with E-state index in [9.17, 15) is 17.2 Å². The quantitative estimate of drug-likeness (QED) is 0.883. The highest BCUT2D eigenvalue weighted by molar-refractivity contribution is 7.89. The summed E-state index contributed by atoms with van der Waals surface area (Å²) >= 11 is 0. The average molecular weight is 328 g/mol. The zero-order chi connectivity index (χ0) is 16.2. The van der Waals surface area contributed by atoms with Gasteiger partial charge in [-0.2, -0.15) is 0 Å². The van der Waals surface area contributed by atoms with Gasteiger partial charge in [-0.1, -0.05) is 6.07 Å². The van der Waals surface area contributed by atoms with Crippen LogP contribution in [0.25, 0.3) is 0 Å². The number of hydrogen-bond acceptors (Lipinski definition) is 4. The van der Waals surface area contributed by atoms with Crippen molar-refractivity contribution in [3.05, 3.63) is 53.7 Å². The number of rotatable bonds is 6. The fraction of sp³-hybridized carbons (Fsp3) is 0.214. The molecule has 0 radical (unpaired) electrons. The van der Waals surface area contributed by atoms with Crippen molar-refractivity contribution >= 4 is 10.0 Å². The maximum Gasteiger partial charge on any atom is 0.243 e. The number of aromatic nitrogens is 1. The van der Waals surface area contributed by atoms with Crippen LogP contribution in [0.3, 0.4) is 0 Å². The Hall–Kier alpha value is -2.06. The van der Waals surface area contributed by atoms with Crippen molar-refractivity contribution in [2.24, 2.45) is 0 Å². The highest BCUT2D eigenvalue weighted by Crippen LogP contribution is 2.18. The first-order chi connectivity index (χ1) is 10.4. The summed E-state index contributed by atoms with van der Waals surface area (Å²) in [7, 11) is -4.11. The molecule has 0 amide bonds. The summed E-state index contributed by atoms with van der Waals surface area (Å²) in [6, 6.07) is 5.55. The molecule has 1 N–H and O–H groups in total. The second-order valence-corrected chi connectivity index (χ2v) is 6.04. The van der Waals surface area contributed by atoms with Gasteiger partial charge in [0.1, 0.15) is 16.5 Å². The fourth-order valence-corrected chi connectivity index (χ4v) is 2.83. The molecule has 2 rings (SSSR count). The molecule has 1 heterocycles. The molecule has 0 saturated heterocycles. The highest BCUT2D eigenvalue weighted by atomic mass is 32.2.